The number of thiocarbonyl (C=S) groups is 1. The second-order valence-corrected chi connectivity index (χ2v) is 2.95. The monoisotopic (exact) mass is 232 g/mol. The van der Waals surface area contributed by atoms with Crippen molar-refractivity contribution in [3.05, 3.63) is 28.0 Å². The Kier molecular flexibility index (Phi) is 3.51. The molecule has 66 valence electrons. The number of pyridine rings is 1. The lowest BCUT2D eigenvalue weighted by molar-refractivity contribution is 0.100. The Morgan fingerprint density at radius 1 is 1.62 bits per heavy atom. The number of rotatable bonds is 1. The number of hydrogen-bond donors (Lipinski definition) is 0. The summed E-state index contributed by atoms with van der Waals surface area (Å²) < 4.78 is 0. The van der Waals surface area contributed by atoms with Gasteiger partial charge in [0.25, 0.3) is 5.91 Å². The Morgan fingerprint density at radius 2 is 2.31 bits per heavy atom. The molecule has 0 bridgehead atoms. The number of halogens is 2. The van der Waals surface area contributed by atoms with E-state index in [0.29, 0.717) is 0 Å². The molecule has 0 aliphatic rings. The molecule has 0 atom stereocenters. The predicted molar refractivity (Wildman–Crippen MR) is 53.6 cm³/mol. The fraction of sp³-hybridized carbons (Fsp3) is 0. The first-order chi connectivity index (χ1) is 6.15. The van der Waals surface area contributed by atoms with Gasteiger partial charge in [0.15, 0.2) is 0 Å². The Balaban J connectivity index is 3.10. The molecule has 0 aromatic carbocycles. The second-order valence-electron chi connectivity index (χ2n) is 2.00. The van der Waals surface area contributed by atoms with E-state index in [1.807, 2.05) is 5.16 Å². The zero-order valence-electron chi connectivity index (χ0n) is 6.12. The van der Waals surface area contributed by atoms with Crippen molar-refractivity contribution in [2.75, 3.05) is 0 Å². The fourth-order valence-corrected chi connectivity index (χ4v) is 0.997. The van der Waals surface area contributed by atoms with E-state index in [-0.39, 0.29) is 15.7 Å². The van der Waals surface area contributed by atoms with Crippen LogP contribution in [0, 0.1) is 0 Å². The Morgan fingerprint density at radius 3 is 2.85 bits per heavy atom. The van der Waals surface area contributed by atoms with E-state index in [0.717, 1.165) is 0 Å². The number of amides is 1. The Hall–Kier alpha value is -0.800. The molecule has 0 unspecified atom stereocenters. The maximum Gasteiger partial charge on any atom is 0.287 e. The van der Waals surface area contributed by atoms with Crippen LogP contribution in [0.15, 0.2) is 17.3 Å². The second kappa shape index (κ2) is 4.44. The molecule has 0 radical (unpaired) electrons. The first-order valence-corrected chi connectivity index (χ1v) is 4.25. The molecule has 0 N–H and O–H groups in total. The predicted octanol–water partition coefficient (Wildman–Crippen LogP) is 2.63. The largest absolute Gasteiger partial charge is 0.287 e. The molecule has 0 saturated carbocycles. The molecule has 3 nitrogen and oxygen atoms in total. The molecule has 0 fully saturated rings. The van der Waals surface area contributed by atoms with Crippen molar-refractivity contribution in [1.82, 2.24) is 4.98 Å². The zero-order valence-corrected chi connectivity index (χ0v) is 8.45. The minimum atomic E-state index is -0.541. The van der Waals surface area contributed by atoms with E-state index in [4.69, 9.17) is 23.2 Å². The van der Waals surface area contributed by atoms with Gasteiger partial charge in [0.2, 0.25) is 0 Å². The van der Waals surface area contributed by atoms with Gasteiger partial charge in [-0.2, -0.15) is 4.99 Å². The van der Waals surface area contributed by atoms with E-state index < -0.39 is 5.91 Å². The van der Waals surface area contributed by atoms with Crippen LogP contribution in [0.1, 0.15) is 10.4 Å². The van der Waals surface area contributed by atoms with Crippen molar-refractivity contribution in [2.24, 2.45) is 4.99 Å². The topological polar surface area (TPSA) is 42.3 Å². The molecule has 1 rings (SSSR count). The maximum atomic E-state index is 11.1. The van der Waals surface area contributed by atoms with E-state index in [2.05, 4.69) is 22.2 Å². The van der Waals surface area contributed by atoms with Crippen LogP contribution in [0.3, 0.4) is 0 Å². The summed E-state index contributed by atoms with van der Waals surface area (Å²) in [5.74, 6) is -0.541. The van der Waals surface area contributed by atoms with E-state index in [9.17, 15) is 4.79 Å². The first-order valence-electron chi connectivity index (χ1n) is 3.08. The minimum absolute atomic E-state index is 0.143. The summed E-state index contributed by atoms with van der Waals surface area (Å²) in [7, 11) is 0. The summed E-state index contributed by atoms with van der Waals surface area (Å²) in [6, 6.07) is 1.37. The first kappa shape index (κ1) is 10.3. The molecule has 13 heavy (non-hydrogen) atoms. The van der Waals surface area contributed by atoms with Crippen LogP contribution in [0.4, 0.5) is 0 Å². The lowest BCUT2D eigenvalue weighted by Gasteiger charge is -1.95. The number of carbonyl (C=O) groups excluding carboxylic acids is 1. The lowest BCUT2D eigenvalue weighted by atomic mass is 10.3. The maximum absolute atomic E-state index is 11.1. The normalized spacial score (nSPS) is 9.08. The zero-order chi connectivity index (χ0) is 9.84. The molecule has 0 spiro atoms. The van der Waals surface area contributed by atoms with Gasteiger partial charge < -0.3 is 0 Å². The highest BCUT2D eigenvalue weighted by molar-refractivity contribution is 7.78. The quantitative estimate of drug-likeness (QED) is 0.425. The Bertz CT molecular complexity index is 401. The van der Waals surface area contributed by atoms with Gasteiger partial charge in [-0.05, 0) is 18.3 Å². The number of nitrogens with zero attached hydrogens (tertiary/aromatic N) is 2. The number of aliphatic imine (C=N–C) groups is 1. The number of isothiocyanates is 1. The van der Waals surface area contributed by atoms with E-state index in [1.165, 1.54) is 12.3 Å². The summed E-state index contributed by atoms with van der Waals surface area (Å²) >= 11 is 15.4. The number of aromatic nitrogens is 1. The van der Waals surface area contributed by atoms with Gasteiger partial charge in [-0.3, -0.25) is 4.79 Å². The highest BCUT2D eigenvalue weighted by Crippen LogP contribution is 2.19. The molecule has 1 heterocycles. The summed E-state index contributed by atoms with van der Waals surface area (Å²) in [5, 5.41) is 2.30. The van der Waals surface area contributed by atoms with Crippen LogP contribution in [-0.4, -0.2) is 16.1 Å². The van der Waals surface area contributed by atoms with Crippen LogP contribution < -0.4 is 0 Å². The molecule has 0 saturated heterocycles. The van der Waals surface area contributed by atoms with Crippen LogP contribution in [-0.2, 0) is 0 Å². The van der Waals surface area contributed by atoms with E-state index >= 15 is 0 Å². The summed E-state index contributed by atoms with van der Waals surface area (Å²) in [6.07, 6.45) is 1.27. The molecule has 6 heteroatoms. The third kappa shape index (κ3) is 2.57. The van der Waals surface area contributed by atoms with Gasteiger partial charge in [0.1, 0.15) is 5.15 Å². The average molecular weight is 233 g/mol. The van der Waals surface area contributed by atoms with Crippen molar-refractivity contribution < 1.29 is 4.79 Å². The van der Waals surface area contributed by atoms with Crippen molar-refractivity contribution >= 4 is 46.5 Å². The van der Waals surface area contributed by atoms with Gasteiger partial charge in [-0.25, -0.2) is 4.98 Å². The van der Waals surface area contributed by atoms with E-state index in [1.54, 1.807) is 0 Å². The molecule has 1 amide bonds. The Labute approximate surface area is 89.4 Å². The van der Waals surface area contributed by atoms with Crippen LogP contribution in [0.5, 0.6) is 0 Å². The average Bonchev–Trinajstić information content (AvgIpc) is 2.10. The van der Waals surface area contributed by atoms with Crippen molar-refractivity contribution in [3.63, 3.8) is 0 Å². The molecule has 0 aliphatic carbocycles. The third-order valence-corrected chi connectivity index (χ3v) is 1.97. The van der Waals surface area contributed by atoms with Gasteiger partial charge in [0.05, 0.1) is 15.7 Å². The summed E-state index contributed by atoms with van der Waals surface area (Å²) in [4.78, 5) is 18.0. The van der Waals surface area contributed by atoms with Crippen molar-refractivity contribution in [3.8, 4) is 0 Å². The number of carbonyl (C=O) groups is 1. The summed E-state index contributed by atoms with van der Waals surface area (Å²) in [6.45, 7) is 0. The van der Waals surface area contributed by atoms with Crippen LogP contribution in [0.25, 0.3) is 0 Å². The fourth-order valence-electron chi connectivity index (χ4n) is 0.644. The molecule has 1 aromatic rings. The smallest absolute Gasteiger partial charge is 0.266 e. The van der Waals surface area contributed by atoms with Crippen LogP contribution >= 0.6 is 35.4 Å². The standard InChI is InChI=1S/C7H2Cl2N2OS/c8-5-1-4(2-10-6(5)9)7(12)11-3-13/h1-2H. The number of hydrogen-bond acceptors (Lipinski definition) is 3. The molecule has 1 aromatic heterocycles. The van der Waals surface area contributed by atoms with Crippen molar-refractivity contribution in [2.45, 2.75) is 0 Å². The SMILES string of the molecule is O=C(N=C=S)c1cnc(Cl)c(Cl)c1. The van der Waals surface area contributed by atoms with Gasteiger partial charge >= 0.3 is 0 Å². The molecule has 0 aliphatic heterocycles. The molecular formula is C7H2Cl2N2OS. The van der Waals surface area contributed by atoms with Crippen LogP contribution in [0.2, 0.25) is 10.2 Å². The van der Waals surface area contributed by atoms with Gasteiger partial charge in [-0.1, -0.05) is 23.2 Å². The minimum Gasteiger partial charge on any atom is -0.266 e. The van der Waals surface area contributed by atoms with Crippen molar-refractivity contribution in [1.29, 1.82) is 0 Å². The highest BCUT2D eigenvalue weighted by atomic mass is 35.5. The highest BCUT2D eigenvalue weighted by Gasteiger charge is 2.06. The molecular weight excluding hydrogens is 231 g/mol. The summed E-state index contributed by atoms with van der Waals surface area (Å²) in [5.41, 5.74) is 0.228. The third-order valence-electron chi connectivity index (χ3n) is 1.19. The van der Waals surface area contributed by atoms with Gasteiger partial charge in [-0.15, -0.1) is 0 Å². The van der Waals surface area contributed by atoms with Gasteiger partial charge in [0, 0.05) is 6.20 Å². The lowest BCUT2D eigenvalue weighted by Crippen LogP contribution is -1.95.